The van der Waals surface area contributed by atoms with E-state index in [0.29, 0.717) is 37.0 Å². The molecule has 2 N–H and O–H groups in total. The summed E-state index contributed by atoms with van der Waals surface area (Å²) < 4.78 is 11.6. The van der Waals surface area contributed by atoms with Gasteiger partial charge in [0.1, 0.15) is 13.2 Å². The molecule has 0 aliphatic rings. The summed E-state index contributed by atoms with van der Waals surface area (Å²) >= 11 is 0. The van der Waals surface area contributed by atoms with E-state index >= 15 is 0 Å². The topological polar surface area (TPSA) is 83.7 Å². The molecule has 7 heteroatoms. The quantitative estimate of drug-likeness (QED) is 0.534. The van der Waals surface area contributed by atoms with Crippen LogP contribution in [0, 0.1) is 0 Å². The van der Waals surface area contributed by atoms with Gasteiger partial charge in [0.15, 0.2) is 17.3 Å². The number of amides is 1. The fourth-order valence-corrected chi connectivity index (χ4v) is 2.28. The van der Waals surface area contributed by atoms with E-state index in [4.69, 9.17) is 9.47 Å². The van der Waals surface area contributed by atoms with Gasteiger partial charge in [-0.15, -0.1) is 0 Å². The molecule has 1 aromatic carbocycles. The summed E-state index contributed by atoms with van der Waals surface area (Å²) in [5, 5.41) is 3.57. The highest BCUT2D eigenvalue weighted by molar-refractivity contribution is 5.98. The largest absolute Gasteiger partial charge is 0.488 e. The first-order valence-electron chi connectivity index (χ1n) is 8.19. The minimum atomic E-state index is -0.100. The van der Waals surface area contributed by atoms with Crippen molar-refractivity contribution in [3.05, 3.63) is 23.9 Å². The molecule has 0 bridgehead atoms. The van der Waals surface area contributed by atoms with Gasteiger partial charge in [-0.2, -0.15) is 0 Å². The Balaban J connectivity index is 2.20. The van der Waals surface area contributed by atoms with Crippen LogP contribution in [0.1, 0.15) is 24.3 Å². The second-order valence-electron chi connectivity index (χ2n) is 6.11. The van der Waals surface area contributed by atoms with Crippen LogP contribution in [0.2, 0.25) is 0 Å². The average molecular weight is 347 g/mol. The maximum Gasteiger partial charge on any atom is 0.216 e. The molecule has 0 aliphatic heterocycles. The highest BCUT2D eigenvalue weighted by Gasteiger charge is 2.12. The van der Waals surface area contributed by atoms with Crippen LogP contribution in [0.25, 0.3) is 10.9 Å². The SMILES string of the molecule is CC(=O)NCCOc1cc2[nH]c(C(C)=O)cc2cc1OCCN(C)C. The lowest BCUT2D eigenvalue weighted by molar-refractivity contribution is -0.119. The number of hydrogen-bond acceptors (Lipinski definition) is 5. The molecule has 0 radical (unpaired) electrons. The molecule has 1 amide bonds. The number of Topliss-reactive ketones (excluding diaryl/α,β-unsaturated/α-hetero) is 1. The number of carbonyl (C=O) groups excluding carboxylic acids is 2. The number of ether oxygens (including phenoxy) is 2. The molecule has 7 nitrogen and oxygen atoms in total. The normalized spacial score (nSPS) is 10.9. The number of benzene rings is 1. The first-order chi connectivity index (χ1) is 11.9. The van der Waals surface area contributed by atoms with Gasteiger partial charge < -0.3 is 24.7 Å². The molecule has 0 aliphatic carbocycles. The van der Waals surface area contributed by atoms with Gasteiger partial charge in [0.05, 0.1) is 12.2 Å². The number of carbonyl (C=O) groups is 2. The van der Waals surface area contributed by atoms with Gasteiger partial charge in [-0.25, -0.2) is 0 Å². The predicted molar refractivity (Wildman–Crippen MR) is 96.5 cm³/mol. The maximum absolute atomic E-state index is 11.6. The Morgan fingerprint density at radius 2 is 1.76 bits per heavy atom. The number of likely N-dealkylation sites (N-methyl/N-ethyl adjacent to an activating group) is 1. The molecule has 136 valence electrons. The van der Waals surface area contributed by atoms with Gasteiger partial charge in [-0.3, -0.25) is 9.59 Å². The summed E-state index contributed by atoms with van der Waals surface area (Å²) in [7, 11) is 3.95. The number of ketones is 1. The van der Waals surface area contributed by atoms with Crippen LogP contribution >= 0.6 is 0 Å². The standard InChI is InChI=1S/C18H25N3O4/c1-12(22)15-9-14-10-17(25-8-6-21(3)4)18(11-16(14)20-15)24-7-5-19-13(2)23/h9-11,20H,5-8H2,1-4H3,(H,19,23). The van der Waals surface area contributed by atoms with Gasteiger partial charge in [0, 0.05) is 37.4 Å². The van der Waals surface area contributed by atoms with E-state index in [-0.39, 0.29) is 11.7 Å². The molecule has 25 heavy (non-hydrogen) atoms. The van der Waals surface area contributed by atoms with Crippen molar-refractivity contribution in [1.82, 2.24) is 15.2 Å². The van der Waals surface area contributed by atoms with Gasteiger partial charge in [-0.1, -0.05) is 0 Å². The Labute approximate surface area is 147 Å². The number of H-pyrrole nitrogens is 1. The molecule has 2 rings (SSSR count). The highest BCUT2D eigenvalue weighted by Crippen LogP contribution is 2.33. The Morgan fingerprint density at radius 1 is 1.08 bits per heavy atom. The number of fused-ring (bicyclic) bond motifs is 1. The van der Waals surface area contributed by atoms with Crippen molar-refractivity contribution in [2.45, 2.75) is 13.8 Å². The van der Waals surface area contributed by atoms with Crippen LogP contribution in [-0.4, -0.2) is 62.0 Å². The van der Waals surface area contributed by atoms with Crippen molar-refractivity contribution < 1.29 is 19.1 Å². The molecule has 0 saturated carbocycles. The summed E-state index contributed by atoms with van der Waals surface area (Å²) in [4.78, 5) is 27.6. The minimum absolute atomic E-state index is 0.0283. The highest BCUT2D eigenvalue weighted by atomic mass is 16.5. The molecular formula is C18H25N3O4. The van der Waals surface area contributed by atoms with Crippen molar-refractivity contribution in [3.63, 3.8) is 0 Å². The summed E-state index contributed by atoms with van der Waals surface area (Å²) in [5.74, 6) is 1.07. The second-order valence-corrected chi connectivity index (χ2v) is 6.11. The zero-order chi connectivity index (χ0) is 18.4. The molecule has 0 unspecified atom stereocenters. The van der Waals surface area contributed by atoms with Crippen LogP contribution in [0.5, 0.6) is 11.5 Å². The van der Waals surface area contributed by atoms with E-state index < -0.39 is 0 Å². The lowest BCUT2D eigenvalue weighted by Crippen LogP contribution is -2.25. The monoisotopic (exact) mass is 347 g/mol. The first kappa shape index (κ1) is 18.8. The van der Waals surface area contributed by atoms with Crippen molar-refractivity contribution in [1.29, 1.82) is 0 Å². The van der Waals surface area contributed by atoms with Crippen LogP contribution in [0.15, 0.2) is 18.2 Å². The van der Waals surface area contributed by atoms with E-state index in [2.05, 4.69) is 10.3 Å². The van der Waals surface area contributed by atoms with Crippen molar-refractivity contribution in [2.24, 2.45) is 0 Å². The summed E-state index contributed by atoms with van der Waals surface area (Å²) in [6, 6.07) is 5.49. The van der Waals surface area contributed by atoms with E-state index in [0.717, 1.165) is 17.4 Å². The van der Waals surface area contributed by atoms with Crippen molar-refractivity contribution >= 4 is 22.6 Å². The number of aromatic nitrogens is 1. The Kier molecular flexibility index (Phi) is 6.41. The molecule has 0 atom stereocenters. The smallest absolute Gasteiger partial charge is 0.216 e. The van der Waals surface area contributed by atoms with Crippen molar-refractivity contribution in [3.8, 4) is 11.5 Å². The number of rotatable bonds is 9. The van der Waals surface area contributed by atoms with E-state index in [1.165, 1.54) is 13.8 Å². The number of aromatic amines is 1. The van der Waals surface area contributed by atoms with E-state index in [1.807, 2.05) is 31.1 Å². The Morgan fingerprint density at radius 3 is 2.40 bits per heavy atom. The number of hydrogen-bond donors (Lipinski definition) is 2. The zero-order valence-corrected chi connectivity index (χ0v) is 15.1. The lowest BCUT2D eigenvalue weighted by atomic mass is 10.2. The maximum atomic E-state index is 11.6. The molecule has 0 saturated heterocycles. The zero-order valence-electron chi connectivity index (χ0n) is 15.1. The third-order valence-electron chi connectivity index (χ3n) is 3.59. The molecule has 2 aromatic rings. The van der Waals surface area contributed by atoms with Crippen LogP contribution in [0.3, 0.4) is 0 Å². The van der Waals surface area contributed by atoms with Gasteiger partial charge in [0.2, 0.25) is 5.91 Å². The van der Waals surface area contributed by atoms with Gasteiger partial charge in [-0.05, 0) is 26.2 Å². The van der Waals surface area contributed by atoms with E-state index in [1.54, 1.807) is 6.07 Å². The summed E-state index contributed by atoms with van der Waals surface area (Å²) in [5.41, 5.74) is 1.35. The lowest BCUT2D eigenvalue weighted by Gasteiger charge is -2.15. The molecule has 0 fully saturated rings. The van der Waals surface area contributed by atoms with Crippen molar-refractivity contribution in [2.75, 3.05) is 40.4 Å². The summed E-state index contributed by atoms with van der Waals surface area (Å²) in [6.07, 6.45) is 0. The number of nitrogens with one attached hydrogen (secondary N) is 2. The van der Waals surface area contributed by atoms with Crippen LogP contribution in [0.4, 0.5) is 0 Å². The minimum Gasteiger partial charge on any atom is -0.488 e. The second kappa shape index (κ2) is 8.53. The van der Waals surface area contributed by atoms with Crippen LogP contribution < -0.4 is 14.8 Å². The fourth-order valence-electron chi connectivity index (χ4n) is 2.28. The van der Waals surface area contributed by atoms with Gasteiger partial charge >= 0.3 is 0 Å². The first-order valence-corrected chi connectivity index (χ1v) is 8.19. The Hall–Kier alpha value is -2.54. The summed E-state index contributed by atoms with van der Waals surface area (Å²) in [6.45, 7) is 5.01. The average Bonchev–Trinajstić information content (AvgIpc) is 2.94. The van der Waals surface area contributed by atoms with Crippen LogP contribution in [-0.2, 0) is 4.79 Å². The molecule has 1 aromatic heterocycles. The predicted octanol–water partition coefficient (Wildman–Crippen LogP) is 1.83. The van der Waals surface area contributed by atoms with Gasteiger partial charge in [0.25, 0.3) is 0 Å². The Bertz CT molecular complexity index is 752. The third-order valence-corrected chi connectivity index (χ3v) is 3.59. The third kappa shape index (κ3) is 5.49. The molecule has 0 spiro atoms. The fraction of sp³-hybridized carbons (Fsp3) is 0.444. The molecular weight excluding hydrogens is 322 g/mol. The molecule has 1 heterocycles. The number of nitrogens with zero attached hydrogens (tertiary/aromatic N) is 1. The van der Waals surface area contributed by atoms with E-state index in [9.17, 15) is 9.59 Å².